The van der Waals surface area contributed by atoms with Crippen molar-refractivity contribution in [2.45, 2.75) is 44.1 Å². The number of aromatic carboxylic acids is 1. The second-order valence-electron chi connectivity index (χ2n) is 5.83. The zero-order chi connectivity index (χ0) is 16.6. The largest absolute Gasteiger partial charge is 0.478 e. The number of hydrogen-bond acceptors (Lipinski definition) is 3. The van der Waals surface area contributed by atoms with Crippen LogP contribution in [-0.2, 0) is 0 Å². The minimum Gasteiger partial charge on any atom is -0.478 e. The number of H-pyrrole nitrogens is 1. The highest BCUT2D eigenvalue weighted by molar-refractivity contribution is 7.17. The van der Waals surface area contributed by atoms with Crippen molar-refractivity contribution in [1.82, 2.24) is 10.3 Å². The summed E-state index contributed by atoms with van der Waals surface area (Å²) in [7, 11) is 0. The van der Waals surface area contributed by atoms with Crippen LogP contribution in [0.3, 0.4) is 0 Å². The normalized spacial score (nSPS) is 21.0. The van der Waals surface area contributed by atoms with Crippen LogP contribution in [0.5, 0.6) is 0 Å². The van der Waals surface area contributed by atoms with E-state index in [0.717, 1.165) is 0 Å². The Labute approximate surface area is 134 Å². The lowest BCUT2D eigenvalue weighted by Crippen LogP contribution is -2.34. The summed E-state index contributed by atoms with van der Waals surface area (Å²) < 4.78 is 27.4. The van der Waals surface area contributed by atoms with Crippen LogP contribution in [0.15, 0.2) is 11.4 Å². The van der Waals surface area contributed by atoms with Crippen molar-refractivity contribution in [3.05, 3.63) is 22.7 Å². The molecule has 3 N–H and O–H groups in total. The van der Waals surface area contributed by atoms with Crippen LogP contribution in [0.4, 0.5) is 8.78 Å². The van der Waals surface area contributed by atoms with Gasteiger partial charge in [-0.15, -0.1) is 11.3 Å². The Morgan fingerprint density at radius 3 is 2.87 bits per heavy atom. The third-order valence-corrected chi connectivity index (χ3v) is 5.05. The van der Waals surface area contributed by atoms with E-state index in [0.29, 0.717) is 23.1 Å². The number of alkyl halides is 2. The third-order valence-electron chi connectivity index (χ3n) is 4.12. The van der Waals surface area contributed by atoms with Gasteiger partial charge in [0.25, 0.3) is 5.91 Å². The highest BCUT2D eigenvalue weighted by atomic mass is 32.1. The van der Waals surface area contributed by atoms with Gasteiger partial charge in [-0.05, 0) is 25.3 Å². The molecule has 1 amide bonds. The van der Waals surface area contributed by atoms with Crippen molar-refractivity contribution in [1.29, 1.82) is 0 Å². The van der Waals surface area contributed by atoms with Crippen LogP contribution in [0.1, 0.15) is 53.0 Å². The van der Waals surface area contributed by atoms with Crippen molar-refractivity contribution in [2.24, 2.45) is 0 Å². The highest BCUT2D eigenvalue weighted by Gasteiger charge is 2.33. The number of nitrogens with one attached hydrogen (secondary N) is 2. The van der Waals surface area contributed by atoms with Crippen molar-refractivity contribution >= 4 is 33.4 Å². The molecule has 1 aliphatic carbocycles. The molecule has 2 aromatic rings. The molecule has 1 saturated carbocycles. The zero-order valence-electron chi connectivity index (χ0n) is 12.2. The smallest absolute Gasteiger partial charge is 0.338 e. The molecule has 0 bridgehead atoms. The molecule has 8 heteroatoms. The maximum atomic E-state index is 13.3. The Kier molecular flexibility index (Phi) is 4.09. The maximum absolute atomic E-state index is 13.3. The number of thiophene rings is 1. The van der Waals surface area contributed by atoms with Crippen LogP contribution in [0, 0.1) is 0 Å². The minimum atomic E-state index is -2.65. The van der Waals surface area contributed by atoms with Gasteiger partial charge in [-0.25, -0.2) is 13.6 Å². The number of aromatic nitrogens is 1. The number of carbonyl (C=O) groups is 2. The van der Waals surface area contributed by atoms with E-state index < -0.39 is 11.9 Å². The summed E-state index contributed by atoms with van der Waals surface area (Å²) in [6.07, 6.45) is 0.784. The molecule has 0 radical (unpaired) electrons. The fraction of sp³-hybridized carbons (Fsp3) is 0.467. The van der Waals surface area contributed by atoms with Crippen LogP contribution >= 0.6 is 11.3 Å². The second kappa shape index (κ2) is 5.92. The van der Waals surface area contributed by atoms with Gasteiger partial charge in [0, 0.05) is 24.3 Å². The Morgan fingerprint density at radius 1 is 1.35 bits per heavy atom. The molecule has 2 heterocycles. The first kappa shape index (κ1) is 15.9. The summed E-state index contributed by atoms with van der Waals surface area (Å²) in [5, 5.41) is 13.4. The van der Waals surface area contributed by atoms with Crippen molar-refractivity contribution in [3.63, 3.8) is 0 Å². The number of aromatic amines is 1. The number of carbonyl (C=O) groups excluding carboxylic acids is 1. The Bertz CT molecular complexity index is 753. The highest BCUT2D eigenvalue weighted by Crippen LogP contribution is 2.32. The van der Waals surface area contributed by atoms with Crippen LogP contribution < -0.4 is 5.32 Å². The van der Waals surface area contributed by atoms with E-state index >= 15 is 0 Å². The SMILES string of the molecule is O=C(NC1CCCC(F)(F)CC1)c1cc2scc(C(=O)O)c2[nH]1. The number of halogens is 2. The molecule has 1 atom stereocenters. The second-order valence-corrected chi connectivity index (χ2v) is 6.75. The average molecular weight is 342 g/mol. The van der Waals surface area contributed by atoms with Crippen LogP contribution in [0.2, 0.25) is 0 Å². The summed E-state index contributed by atoms with van der Waals surface area (Å²) >= 11 is 1.24. The van der Waals surface area contributed by atoms with Crippen LogP contribution in [-0.4, -0.2) is 33.9 Å². The first-order valence-corrected chi connectivity index (χ1v) is 8.26. The molecule has 5 nitrogen and oxygen atoms in total. The topological polar surface area (TPSA) is 82.2 Å². The molecule has 1 aliphatic rings. The molecular formula is C15H16F2N2O3S. The lowest BCUT2D eigenvalue weighted by atomic mass is 10.1. The summed E-state index contributed by atoms with van der Waals surface area (Å²) in [4.78, 5) is 26.2. The molecule has 1 fully saturated rings. The van der Waals surface area contributed by atoms with E-state index in [1.165, 1.54) is 16.7 Å². The number of amides is 1. The Morgan fingerprint density at radius 2 is 2.13 bits per heavy atom. The van der Waals surface area contributed by atoms with Gasteiger partial charge in [-0.1, -0.05) is 0 Å². The molecule has 23 heavy (non-hydrogen) atoms. The minimum absolute atomic E-state index is 0.123. The number of hydrogen-bond donors (Lipinski definition) is 3. The molecule has 124 valence electrons. The fourth-order valence-electron chi connectivity index (χ4n) is 2.86. The van der Waals surface area contributed by atoms with Gasteiger partial charge < -0.3 is 15.4 Å². The standard InChI is InChI=1S/C15H16F2N2O3S/c16-15(17)4-1-2-8(3-5-15)18-13(20)10-6-11-12(19-10)9(7-23-11)14(21)22/h6-8,19H,1-5H2,(H,18,20)(H,21,22). The van der Waals surface area contributed by atoms with E-state index in [4.69, 9.17) is 5.11 Å². The predicted molar refractivity (Wildman–Crippen MR) is 82.4 cm³/mol. The van der Waals surface area contributed by atoms with E-state index in [2.05, 4.69) is 10.3 Å². The Hall–Kier alpha value is -1.96. The summed E-state index contributed by atoms with van der Waals surface area (Å²) in [6.45, 7) is 0. The first-order valence-electron chi connectivity index (χ1n) is 7.38. The van der Waals surface area contributed by atoms with Gasteiger partial charge in [0.1, 0.15) is 5.69 Å². The Balaban J connectivity index is 1.72. The first-order chi connectivity index (χ1) is 10.9. The molecule has 0 spiro atoms. The monoisotopic (exact) mass is 342 g/mol. The molecular weight excluding hydrogens is 326 g/mol. The van der Waals surface area contributed by atoms with Crippen molar-refractivity contribution < 1.29 is 23.5 Å². The van der Waals surface area contributed by atoms with E-state index in [-0.39, 0.29) is 42.5 Å². The van der Waals surface area contributed by atoms with Gasteiger partial charge in [-0.3, -0.25) is 4.79 Å². The predicted octanol–water partition coefficient (Wildman–Crippen LogP) is 3.63. The van der Waals surface area contributed by atoms with Crippen molar-refractivity contribution in [3.8, 4) is 0 Å². The number of rotatable bonds is 3. The molecule has 0 aromatic carbocycles. The van der Waals surface area contributed by atoms with E-state index in [9.17, 15) is 18.4 Å². The maximum Gasteiger partial charge on any atom is 0.338 e. The van der Waals surface area contributed by atoms with Crippen molar-refractivity contribution in [2.75, 3.05) is 0 Å². The van der Waals surface area contributed by atoms with Gasteiger partial charge in [-0.2, -0.15) is 0 Å². The van der Waals surface area contributed by atoms with Gasteiger partial charge in [0.05, 0.1) is 15.8 Å². The average Bonchev–Trinajstić information content (AvgIpc) is 2.99. The molecule has 2 aromatic heterocycles. The lowest BCUT2D eigenvalue weighted by molar-refractivity contribution is -0.0143. The summed E-state index contributed by atoms with van der Waals surface area (Å²) in [6, 6.07) is 1.31. The fourth-order valence-corrected chi connectivity index (χ4v) is 3.79. The van der Waals surface area contributed by atoms with E-state index in [1.807, 2.05) is 0 Å². The molecule has 0 saturated heterocycles. The van der Waals surface area contributed by atoms with Crippen LogP contribution in [0.25, 0.3) is 10.2 Å². The quantitative estimate of drug-likeness (QED) is 0.745. The number of carboxylic acids is 1. The molecule has 3 rings (SSSR count). The molecule has 1 unspecified atom stereocenters. The third kappa shape index (κ3) is 3.36. The summed E-state index contributed by atoms with van der Waals surface area (Å²) in [5.41, 5.74) is 0.795. The van der Waals surface area contributed by atoms with Gasteiger partial charge >= 0.3 is 5.97 Å². The van der Waals surface area contributed by atoms with Gasteiger partial charge in [0.2, 0.25) is 5.92 Å². The molecule has 0 aliphatic heterocycles. The number of fused-ring (bicyclic) bond motifs is 1. The summed E-state index contributed by atoms with van der Waals surface area (Å²) in [5.74, 6) is -4.10. The lowest BCUT2D eigenvalue weighted by Gasteiger charge is -2.16. The van der Waals surface area contributed by atoms with E-state index in [1.54, 1.807) is 6.07 Å². The van der Waals surface area contributed by atoms with Gasteiger partial charge in [0.15, 0.2) is 0 Å². The number of carboxylic acid groups (broad SMARTS) is 1. The zero-order valence-corrected chi connectivity index (χ0v) is 13.0.